The van der Waals surface area contributed by atoms with E-state index in [1.54, 1.807) is 0 Å². The number of aliphatic hydroxyl groups excluding tert-OH is 1. The first-order chi connectivity index (χ1) is 21.3. The van der Waals surface area contributed by atoms with Crippen LogP contribution in [0.15, 0.2) is 73.3 Å². The number of carbonyl (C=O) groups excluding carboxylic acids is 2. The molecular formula is C37H57NO5Si2. The Morgan fingerprint density at radius 1 is 0.978 bits per heavy atom. The highest BCUT2D eigenvalue weighted by Crippen LogP contribution is 2.38. The maximum atomic E-state index is 13.5. The number of imide groups is 1. The molecule has 1 aliphatic rings. The van der Waals surface area contributed by atoms with Crippen molar-refractivity contribution in [3.05, 3.63) is 73.3 Å². The number of likely N-dealkylation sites (tertiary alicyclic amines) is 1. The van der Waals surface area contributed by atoms with Gasteiger partial charge in [0.05, 0.1) is 18.1 Å². The standard InChI is InChI=1S/C37H57NO5Si2/c1-10-32(36(41)38-26-20-25-33(38)39)34(40)29(6)35(43-44(11-2,12-3)13-4)28(5)27-42-45(37(7,8)9,30-21-16-14-17-22-30)31-23-18-15-19-24-31/h10,14-19,21-24,28-29,32,34-35,40H,1,11-13,20,25-27H2,2-9H3/t28-,29+,32+,34-,35-/m1/s1. The fraction of sp³-hybridized carbons (Fsp3) is 0.568. The number of hydrogen-bond donors (Lipinski definition) is 1. The molecule has 2 aromatic carbocycles. The summed E-state index contributed by atoms with van der Waals surface area (Å²) >= 11 is 0. The van der Waals surface area contributed by atoms with Crippen molar-refractivity contribution in [2.24, 2.45) is 17.8 Å². The van der Waals surface area contributed by atoms with Crippen molar-refractivity contribution in [2.75, 3.05) is 13.2 Å². The Labute approximate surface area is 274 Å². The van der Waals surface area contributed by atoms with Gasteiger partial charge in [0.2, 0.25) is 11.8 Å². The van der Waals surface area contributed by atoms with Gasteiger partial charge in [-0.25, -0.2) is 0 Å². The summed E-state index contributed by atoms with van der Waals surface area (Å²) in [5.41, 5.74) is 0. The number of benzene rings is 2. The minimum atomic E-state index is -2.80. The van der Waals surface area contributed by atoms with Crippen molar-refractivity contribution in [1.29, 1.82) is 0 Å². The predicted octanol–water partition coefficient (Wildman–Crippen LogP) is 6.54. The fourth-order valence-corrected chi connectivity index (χ4v) is 14.8. The molecule has 2 amide bonds. The van der Waals surface area contributed by atoms with Crippen molar-refractivity contribution >= 4 is 38.8 Å². The van der Waals surface area contributed by atoms with E-state index >= 15 is 0 Å². The number of amides is 2. The summed E-state index contributed by atoms with van der Waals surface area (Å²) in [6.07, 6.45) is 1.11. The zero-order chi connectivity index (χ0) is 33.4. The van der Waals surface area contributed by atoms with Crippen LogP contribution in [0.3, 0.4) is 0 Å². The van der Waals surface area contributed by atoms with Crippen LogP contribution in [0.5, 0.6) is 0 Å². The van der Waals surface area contributed by atoms with E-state index in [0.29, 0.717) is 26.0 Å². The summed E-state index contributed by atoms with van der Waals surface area (Å²) in [7, 11) is -4.93. The second-order valence-electron chi connectivity index (χ2n) is 13.9. The molecule has 6 nitrogen and oxygen atoms in total. The molecule has 0 saturated carbocycles. The van der Waals surface area contributed by atoms with Crippen LogP contribution in [0.1, 0.15) is 68.2 Å². The summed E-state index contributed by atoms with van der Waals surface area (Å²) in [6, 6.07) is 24.1. The molecular weight excluding hydrogens is 595 g/mol. The first-order valence-electron chi connectivity index (χ1n) is 16.9. The molecule has 2 aromatic rings. The third kappa shape index (κ3) is 7.96. The monoisotopic (exact) mass is 651 g/mol. The minimum absolute atomic E-state index is 0.0817. The number of aliphatic hydroxyl groups is 1. The lowest BCUT2D eigenvalue weighted by atomic mass is 9.83. The van der Waals surface area contributed by atoms with Crippen molar-refractivity contribution < 1.29 is 23.5 Å². The lowest BCUT2D eigenvalue weighted by Crippen LogP contribution is -2.67. The highest BCUT2D eigenvalue weighted by Gasteiger charge is 2.51. The third-order valence-electron chi connectivity index (χ3n) is 10.2. The van der Waals surface area contributed by atoms with Gasteiger partial charge in [0.15, 0.2) is 8.32 Å². The van der Waals surface area contributed by atoms with Crippen LogP contribution < -0.4 is 10.4 Å². The Bertz CT molecular complexity index is 1200. The normalized spacial score (nSPS) is 17.9. The molecule has 0 radical (unpaired) electrons. The molecule has 0 spiro atoms. The van der Waals surface area contributed by atoms with Crippen LogP contribution in [0.2, 0.25) is 23.2 Å². The van der Waals surface area contributed by atoms with Crippen molar-refractivity contribution in [1.82, 2.24) is 4.90 Å². The molecule has 1 aliphatic heterocycles. The van der Waals surface area contributed by atoms with E-state index in [1.165, 1.54) is 21.3 Å². The lowest BCUT2D eigenvalue weighted by molar-refractivity contribution is -0.147. The van der Waals surface area contributed by atoms with Crippen LogP contribution in [0.4, 0.5) is 0 Å². The van der Waals surface area contributed by atoms with Crippen LogP contribution >= 0.6 is 0 Å². The van der Waals surface area contributed by atoms with E-state index in [4.69, 9.17) is 8.85 Å². The summed E-state index contributed by atoms with van der Waals surface area (Å²) in [5, 5.41) is 14.1. The topological polar surface area (TPSA) is 76.1 Å². The molecule has 45 heavy (non-hydrogen) atoms. The van der Waals surface area contributed by atoms with Gasteiger partial charge < -0.3 is 14.0 Å². The molecule has 0 bridgehead atoms. The van der Waals surface area contributed by atoms with E-state index in [2.05, 4.69) is 104 Å². The van der Waals surface area contributed by atoms with Gasteiger partial charge in [0, 0.05) is 31.4 Å². The van der Waals surface area contributed by atoms with E-state index < -0.39 is 34.6 Å². The second-order valence-corrected chi connectivity index (χ2v) is 22.9. The maximum Gasteiger partial charge on any atom is 0.261 e. The van der Waals surface area contributed by atoms with Gasteiger partial charge in [-0.2, -0.15) is 0 Å². The summed E-state index contributed by atoms with van der Waals surface area (Å²) in [4.78, 5) is 27.2. The van der Waals surface area contributed by atoms with E-state index in [9.17, 15) is 14.7 Å². The van der Waals surface area contributed by atoms with Gasteiger partial charge in [-0.3, -0.25) is 14.5 Å². The van der Waals surface area contributed by atoms with E-state index in [1.807, 2.05) is 19.1 Å². The van der Waals surface area contributed by atoms with Crippen molar-refractivity contribution in [3.8, 4) is 0 Å². The summed E-state index contributed by atoms with van der Waals surface area (Å²) in [6.45, 7) is 22.3. The second kappa shape index (κ2) is 16.0. The molecule has 1 fully saturated rings. The van der Waals surface area contributed by atoms with Crippen molar-refractivity contribution in [3.63, 3.8) is 0 Å². The average molecular weight is 652 g/mol. The lowest BCUT2D eigenvalue weighted by Gasteiger charge is -2.45. The maximum absolute atomic E-state index is 13.5. The average Bonchev–Trinajstić information content (AvgIpc) is 3.48. The fourth-order valence-electron chi connectivity index (χ4n) is 7.11. The first kappa shape index (κ1) is 37.1. The molecule has 1 N–H and O–H groups in total. The molecule has 0 aliphatic carbocycles. The molecule has 248 valence electrons. The van der Waals surface area contributed by atoms with Crippen LogP contribution in [-0.4, -0.2) is 63.8 Å². The molecule has 1 saturated heterocycles. The van der Waals surface area contributed by atoms with Gasteiger partial charge >= 0.3 is 0 Å². The minimum Gasteiger partial charge on any atom is -0.413 e. The molecule has 0 aromatic heterocycles. The van der Waals surface area contributed by atoms with Crippen LogP contribution in [0.25, 0.3) is 0 Å². The summed E-state index contributed by atoms with van der Waals surface area (Å²) in [5.74, 6) is -1.92. The largest absolute Gasteiger partial charge is 0.413 e. The SMILES string of the molecule is C=C[C@H](C(=O)N1CCCC1=O)[C@H](O)[C@H](C)[C@H](O[Si](CC)(CC)CC)[C@H](C)CO[Si](c1ccccc1)(c1ccccc1)C(C)(C)C. The molecule has 8 heteroatoms. The van der Waals surface area contributed by atoms with E-state index in [0.717, 1.165) is 18.1 Å². The van der Waals surface area contributed by atoms with Gasteiger partial charge in [-0.05, 0) is 40.0 Å². The van der Waals surface area contributed by atoms with Gasteiger partial charge in [0.25, 0.3) is 8.32 Å². The Morgan fingerprint density at radius 3 is 1.89 bits per heavy atom. The molecule has 5 atom stereocenters. The molecule has 3 rings (SSSR count). The predicted molar refractivity (Wildman–Crippen MR) is 190 cm³/mol. The Hall–Kier alpha value is -2.37. The van der Waals surface area contributed by atoms with E-state index in [-0.39, 0.29) is 28.9 Å². The smallest absolute Gasteiger partial charge is 0.261 e. The number of nitrogens with zero attached hydrogens (tertiary/aromatic N) is 1. The highest BCUT2D eigenvalue weighted by atomic mass is 28.4. The Balaban J connectivity index is 2.02. The van der Waals surface area contributed by atoms with Crippen LogP contribution in [-0.2, 0) is 18.4 Å². The molecule has 0 unspecified atom stereocenters. The van der Waals surface area contributed by atoms with Gasteiger partial charge in [-0.15, -0.1) is 6.58 Å². The summed E-state index contributed by atoms with van der Waals surface area (Å²) < 4.78 is 14.5. The Kier molecular flexibility index (Phi) is 13.2. The van der Waals surface area contributed by atoms with Gasteiger partial charge in [-0.1, -0.05) is 122 Å². The number of rotatable bonds is 16. The highest BCUT2D eigenvalue weighted by molar-refractivity contribution is 6.99. The molecule has 1 heterocycles. The number of carbonyl (C=O) groups is 2. The number of hydrogen-bond acceptors (Lipinski definition) is 5. The quantitative estimate of drug-likeness (QED) is 0.165. The van der Waals surface area contributed by atoms with Crippen molar-refractivity contribution in [2.45, 2.75) is 104 Å². The van der Waals surface area contributed by atoms with Crippen LogP contribution in [0, 0.1) is 17.8 Å². The van der Waals surface area contributed by atoms with Gasteiger partial charge in [0.1, 0.15) is 0 Å². The first-order valence-corrected chi connectivity index (χ1v) is 21.3. The zero-order valence-corrected chi connectivity index (χ0v) is 30.9. The third-order valence-corrected chi connectivity index (χ3v) is 19.8. The zero-order valence-electron chi connectivity index (χ0n) is 28.9. The Morgan fingerprint density at radius 2 is 1.49 bits per heavy atom.